The molecule has 0 atom stereocenters. The lowest BCUT2D eigenvalue weighted by Crippen LogP contribution is -2.23. The molecule has 0 radical (unpaired) electrons. The lowest BCUT2D eigenvalue weighted by molar-refractivity contribution is -0.386. The zero-order chi connectivity index (χ0) is 15.4. The number of aryl methyl sites for hydroxylation is 2. The van der Waals surface area contributed by atoms with E-state index >= 15 is 0 Å². The highest BCUT2D eigenvalue weighted by Gasteiger charge is 2.17. The molecule has 0 fully saturated rings. The van der Waals surface area contributed by atoms with Crippen molar-refractivity contribution >= 4 is 11.6 Å². The molecule has 5 heteroatoms. The molecular weight excluding hydrogens is 268 g/mol. The van der Waals surface area contributed by atoms with Gasteiger partial charge in [-0.3, -0.25) is 14.9 Å². The quantitative estimate of drug-likeness (QED) is 0.692. The molecule has 2 aromatic rings. The zero-order valence-electron chi connectivity index (χ0n) is 11.9. The van der Waals surface area contributed by atoms with E-state index in [4.69, 9.17) is 0 Å². The van der Waals surface area contributed by atoms with E-state index in [2.05, 4.69) is 5.32 Å². The molecule has 21 heavy (non-hydrogen) atoms. The van der Waals surface area contributed by atoms with Crippen LogP contribution in [-0.4, -0.2) is 10.8 Å². The fourth-order valence-corrected chi connectivity index (χ4v) is 2.26. The molecule has 0 saturated heterocycles. The van der Waals surface area contributed by atoms with Crippen molar-refractivity contribution in [2.75, 3.05) is 0 Å². The van der Waals surface area contributed by atoms with Crippen molar-refractivity contribution in [1.29, 1.82) is 0 Å². The highest BCUT2D eigenvalue weighted by atomic mass is 16.6. The summed E-state index contributed by atoms with van der Waals surface area (Å²) in [5, 5.41) is 13.7. The van der Waals surface area contributed by atoms with Crippen molar-refractivity contribution in [1.82, 2.24) is 5.32 Å². The van der Waals surface area contributed by atoms with Gasteiger partial charge in [0.1, 0.15) is 0 Å². The van der Waals surface area contributed by atoms with Crippen molar-refractivity contribution in [3.63, 3.8) is 0 Å². The molecule has 0 spiro atoms. The van der Waals surface area contributed by atoms with Crippen LogP contribution in [0.15, 0.2) is 42.5 Å². The second-order valence-electron chi connectivity index (χ2n) is 4.88. The maximum absolute atomic E-state index is 12.1. The molecule has 0 aliphatic heterocycles. The fourth-order valence-electron chi connectivity index (χ4n) is 2.26. The number of hydrogen-bond acceptors (Lipinski definition) is 3. The van der Waals surface area contributed by atoms with Crippen LogP contribution in [0.4, 0.5) is 5.69 Å². The predicted molar refractivity (Wildman–Crippen MR) is 80.2 cm³/mol. The van der Waals surface area contributed by atoms with E-state index in [-0.39, 0.29) is 11.6 Å². The number of carbonyl (C=O) groups is 1. The number of amides is 1. The Balaban J connectivity index is 2.15. The summed E-state index contributed by atoms with van der Waals surface area (Å²) in [6, 6.07) is 12.7. The molecule has 0 saturated carbocycles. The number of nitrogens with one attached hydrogen (secondary N) is 1. The molecule has 0 aliphatic rings. The summed E-state index contributed by atoms with van der Waals surface area (Å²) >= 11 is 0. The maximum Gasteiger partial charge on any atom is 0.275 e. The fraction of sp³-hybridized carbons (Fsp3) is 0.188. The Morgan fingerprint density at radius 3 is 2.24 bits per heavy atom. The molecule has 108 valence electrons. The molecule has 0 aliphatic carbocycles. The monoisotopic (exact) mass is 284 g/mol. The largest absolute Gasteiger partial charge is 0.348 e. The minimum atomic E-state index is -0.420. The summed E-state index contributed by atoms with van der Waals surface area (Å²) < 4.78 is 0. The molecule has 0 unspecified atom stereocenters. The third-order valence-electron chi connectivity index (χ3n) is 3.23. The first-order valence-electron chi connectivity index (χ1n) is 6.57. The molecule has 0 heterocycles. The van der Waals surface area contributed by atoms with Crippen LogP contribution in [0, 0.1) is 24.0 Å². The van der Waals surface area contributed by atoms with Crippen LogP contribution in [0.25, 0.3) is 0 Å². The highest BCUT2D eigenvalue weighted by Crippen LogP contribution is 2.24. The van der Waals surface area contributed by atoms with Gasteiger partial charge in [-0.1, -0.05) is 30.3 Å². The van der Waals surface area contributed by atoms with Crippen molar-refractivity contribution in [2.24, 2.45) is 0 Å². The van der Waals surface area contributed by atoms with Crippen molar-refractivity contribution in [3.05, 3.63) is 74.8 Å². The zero-order valence-corrected chi connectivity index (χ0v) is 11.9. The topological polar surface area (TPSA) is 72.2 Å². The van der Waals surface area contributed by atoms with Crippen LogP contribution >= 0.6 is 0 Å². The van der Waals surface area contributed by atoms with Gasteiger partial charge in [0, 0.05) is 23.2 Å². The number of nitrogens with zero attached hydrogens (tertiary/aromatic N) is 1. The molecule has 5 nitrogen and oxygen atoms in total. The highest BCUT2D eigenvalue weighted by molar-refractivity contribution is 5.95. The number of nitro groups is 1. The van der Waals surface area contributed by atoms with Crippen molar-refractivity contribution in [3.8, 4) is 0 Å². The van der Waals surface area contributed by atoms with Gasteiger partial charge >= 0.3 is 0 Å². The van der Waals surface area contributed by atoms with Gasteiger partial charge in [-0.15, -0.1) is 0 Å². The van der Waals surface area contributed by atoms with Crippen LogP contribution in [0.5, 0.6) is 0 Å². The predicted octanol–water partition coefficient (Wildman–Crippen LogP) is 3.14. The van der Waals surface area contributed by atoms with Crippen LogP contribution in [0.1, 0.15) is 27.0 Å². The number of hydrogen-bond donors (Lipinski definition) is 1. The van der Waals surface area contributed by atoms with Crippen LogP contribution < -0.4 is 5.32 Å². The van der Waals surface area contributed by atoms with E-state index in [9.17, 15) is 14.9 Å². The first kappa shape index (κ1) is 14.7. The Morgan fingerprint density at radius 1 is 1.14 bits per heavy atom. The Morgan fingerprint density at radius 2 is 1.71 bits per heavy atom. The van der Waals surface area contributed by atoms with Crippen molar-refractivity contribution in [2.45, 2.75) is 20.4 Å². The Labute approximate surface area is 122 Å². The third-order valence-corrected chi connectivity index (χ3v) is 3.23. The van der Waals surface area contributed by atoms with Gasteiger partial charge in [0.15, 0.2) is 0 Å². The second kappa shape index (κ2) is 6.17. The van der Waals surface area contributed by atoms with Crippen LogP contribution in [-0.2, 0) is 6.54 Å². The van der Waals surface area contributed by atoms with E-state index in [1.54, 1.807) is 26.0 Å². The molecule has 1 amide bonds. The maximum atomic E-state index is 12.1. The SMILES string of the molecule is Cc1cc(C(=O)NCc2ccccc2)cc(C)c1[N+](=O)[O-]. The normalized spacial score (nSPS) is 10.2. The minimum Gasteiger partial charge on any atom is -0.348 e. The molecule has 2 rings (SSSR count). The van der Waals surface area contributed by atoms with Gasteiger partial charge in [0.05, 0.1) is 4.92 Å². The molecule has 2 aromatic carbocycles. The molecule has 0 bridgehead atoms. The first-order valence-corrected chi connectivity index (χ1v) is 6.57. The van der Waals surface area contributed by atoms with Gasteiger partial charge in [0.2, 0.25) is 0 Å². The first-order chi connectivity index (χ1) is 9.99. The van der Waals surface area contributed by atoms with Crippen molar-refractivity contribution < 1.29 is 9.72 Å². The third kappa shape index (κ3) is 3.45. The van der Waals surface area contributed by atoms with E-state index in [1.165, 1.54) is 0 Å². The average molecular weight is 284 g/mol. The summed E-state index contributed by atoms with van der Waals surface area (Å²) in [6.45, 7) is 3.70. The van der Waals surface area contributed by atoms with Crippen LogP contribution in [0.3, 0.4) is 0 Å². The lowest BCUT2D eigenvalue weighted by Gasteiger charge is -2.08. The summed E-state index contributed by atoms with van der Waals surface area (Å²) in [4.78, 5) is 22.6. The smallest absolute Gasteiger partial charge is 0.275 e. The van der Waals surface area contributed by atoms with Gasteiger partial charge in [0.25, 0.3) is 11.6 Å². The average Bonchev–Trinajstić information content (AvgIpc) is 2.44. The number of benzene rings is 2. The van der Waals surface area contributed by atoms with Gasteiger partial charge in [-0.25, -0.2) is 0 Å². The standard InChI is InChI=1S/C16H16N2O3/c1-11-8-14(9-12(2)15(11)18(20)21)16(19)17-10-13-6-4-3-5-7-13/h3-9H,10H2,1-2H3,(H,17,19). The summed E-state index contributed by atoms with van der Waals surface area (Å²) in [6.07, 6.45) is 0. The van der Waals surface area contributed by atoms with E-state index in [1.807, 2.05) is 30.3 Å². The molecule has 0 aromatic heterocycles. The van der Waals surface area contributed by atoms with E-state index in [0.717, 1.165) is 5.56 Å². The Kier molecular flexibility index (Phi) is 4.33. The van der Waals surface area contributed by atoms with E-state index < -0.39 is 4.92 Å². The van der Waals surface area contributed by atoms with Crippen LogP contribution in [0.2, 0.25) is 0 Å². The number of nitro benzene ring substituents is 1. The van der Waals surface area contributed by atoms with E-state index in [0.29, 0.717) is 23.2 Å². The van der Waals surface area contributed by atoms with Gasteiger partial charge in [-0.2, -0.15) is 0 Å². The Bertz CT molecular complexity index is 658. The Hall–Kier alpha value is -2.69. The number of carbonyl (C=O) groups excluding carboxylic acids is 1. The number of rotatable bonds is 4. The van der Waals surface area contributed by atoms with Gasteiger partial charge < -0.3 is 5.32 Å². The molecule has 1 N–H and O–H groups in total. The minimum absolute atomic E-state index is 0.0645. The lowest BCUT2D eigenvalue weighted by atomic mass is 10.0. The molecular formula is C16H16N2O3. The second-order valence-corrected chi connectivity index (χ2v) is 4.88. The summed E-state index contributed by atoms with van der Waals surface area (Å²) in [7, 11) is 0. The van der Waals surface area contributed by atoms with Gasteiger partial charge in [-0.05, 0) is 31.5 Å². The summed E-state index contributed by atoms with van der Waals surface area (Å²) in [5.41, 5.74) is 2.48. The summed E-state index contributed by atoms with van der Waals surface area (Å²) in [5.74, 6) is -0.236.